The third-order valence-corrected chi connectivity index (χ3v) is 5.80. The maximum atomic E-state index is 13.8. The van der Waals surface area contributed by atoms with E-state index >= 15 is 0 Å². The number of sulfonamides is 1. The first kappa shape index (κ1) is 22.4. The number of anilines is 4. The van der Waals surface area contributed by atoms with Gasteiger partial charge in [0.25, 0.3) is 5.91 Å². The molecule has 0 unspecified atom stereocenters. The van der Waals surface area contributed by atoms with Gasteiger partial charge in [-0.15, -0.1) is 0 Å². The number of benzene rings is 1. The molecule has 0 bridgehead atoms. The average Bonchev–Trinajstić information content (AvgIpc) is 3.54. The molecule has 3 N–H and O–H groups in total. The standard InChI is InChI=1S/C19H22FN5O5S/c1-25(31(3,28)29)16-8-12(20)6-7-14(16)22-15-9-17(23-18(26)11-4-5-11)21-10-13(15)19(27)24-30-2/h6-11H,4-5H2,1-3H3,(H,24,27)(H2,21,22,23,26). The molecule has 1 aliphatic rings. The van der Waals surface area contributed by atoms with E-state index in [0.29, 0.717) is 0 Å². The molecule has 1 saturated carbocycles. The highest BCUT2D eigenvalue weighted by Gasteiger charge is 2.30. The molecule has 31 heavy (non-hydrogen) atoms. The molecule has 0 aliphatic heterocycles. The lowest BCUT2D eigenvalue weighted by molar-refractivity contribution is -0.117. The summed E-state index contributed by atoms with van der Waals surface area (Å²) in [4.78, 5) is 33.2. The van der Waals surface area contributed by atoms with Crippen molar-refractivity contribution in [2.75, 3.05) is 35.4 Å². The molecule has 12 heteroatoms. The maximum Gasteiger partial charge on any atom is 0.278 e. The average molecular weight is 451 g/mol. The highest BCUT2D eigenvalue weighted by molar-refractivity contribution is 7.92. The number of amides is 2. The quantitative estimate of drug-likeness (QED) is 0.524. The normalized spacial score (nSPS) is 13.4. The Morgan fingerprint density at radius 3 is 2.55 bits per heavy atom. The van der Waals surface area contributed by atoms with Crippen molar-refractivity contribution in [1.29, 1.82) is 0 Å². The van der Waals surface area contributed by atoms with Crippen LogP contribution in [0.3, 0.4) is 0 Å². The number of pyridine rings is 1. The Kier molecular flexibility index (Phi) is 6.41. The number of hydroxylamine groups is 1. The Hall–Kier alpha value is -3.25. The topological polar surface area (TPSA) is 130 Å². The Labute approximate surface area is 178 Å². The zero-order valence-electron chi connectivity index (χ0n) is 17.1. The number of halogens is 1. The molecular weight excluding hydrogens is 429 g/mol. The van der Waals surface area contributed by atoms with E-state index < -0.39 is 21.7 Å². The van der Waals surface area contributed by atoms with Crippen molar-refractivity contribution in [1.82, 2.24) is 10.5 Å². The van der Waals surface area contributed by atoms with Crippen LogP contribution in [0.25, 0.3) is 0 Å². The van der Waals surface area contributed by atoms with E-state index in [1.165, 1.54) is 32.5 Å². The molecule has 2 amide bonds. The van der Waals surface area contributed by atoms with E-state index in [1.807, 2.05) is 0 Å². The second kappa shape index (κ2) is 8.86. The summed E-state index contributed by atoms with van der Waals surface area (Å²) in [6.07, 6.45) is 3.84. The van der Waals surface area contributed by atoms with Crippen LogP contribution in [0, 0.1) is 11.7 Å². The van der Waals surface area contributed by atoms with Gasteiger partial charge in [0.15, 0.2) is 0 Å². The SMILES string of the molecule is CONC(=O)c1cnc(NC(=O)C2CC2)cc1Nc1ccc(F)cc1N(C)S(C)(=O)=O. The fourth-order valence-corrected chi connectivity index (χ4v) is 3.23. The van der Waals surface area contributed by atoms with Gasteiger partial charge in [-0.1, -0.05) is 0 Å². The summed E-state index contributed by atoms with van der Waals surface area (Å²) in [7, 11) is -1.15. The lowest BCUT2D eigenvalue weighted by Gasteiger charge is -2.22. The molecular formula is C19H22FN5O5S. The van der Waals surface area contributed by atoms with Crippen LogP contribution in [0.15, 0.2) is 30.5 Å². The largest absolute Gasteiger partial charge is 0.353 e. The number of aromatic nitrogens is 1. The van der Waals surface area contributed by atoms with Crippen LogP contribution in [0.5, 0.6) is 0 Å². The molecule has 2 aromatic rings. The van der Waals surface area contributed by atoms with Gasteiger partial charge in [0, 0.05) is 31.3 Å². The number of nitrogens with zero attached hydrogens (tertiary/aromatic N) is 2. The van der Waals surface area contributed by atoms with Gasteiger partial charge in [-0.2, -0.15) is 0 Å². The highest BCUT2D eigenvalue weighted by atomic mass is 32.2. The zero-order chi connectivity index (χ0) is 22.8. The molecule has 1 heterocycles. The van der Waals surface area contributed by atoms with Crippen LogP contribution in [0.2, 0.25) is 0 Å². The fraction of sp³-hybridized carbons (Fsp3) is 0.316. The zero-order valence-corrected chi connectivity index (χ0v) is 17.9. The van der Waals surface area contributed by atoms with Crippen LogP contribution < -0.4 is 20.4 Å². The number of rotatable bonds is 8. The van der Waals surface area contributed by atoms with Crippen LogP contribution >= 0.6 is 0 Å². The van der Waals surface area contributed by atoms with Crippen molar-refractivity contribution < 1.29 is 27.2 Å². The Morgan fingerprint density at radius 1 is 1.23 bits per heavy atom. The monoisotopic (exact) mass is 451 g/mol. The molecule has 166 valence electrons. The van der Waals surface area contributed by atoms with Crippen LogP contribution in [0.1, 0.15) is 23.2 Å². The summed E-state index contributed by atoms with van der Waals surface area (Å²) >= 11 is 0. The highest BCUT2D eigenvalue weighted by Crippen LogP contribution is 2.33. The smallest absolute Gasteiger partial charge is 0.278 e. The molecule has 0 radical (unpaired) electrons. The van der Waals surface area contributed by atoms with Gasteiger partial charge in [-0.3, -0.25) is 18.7 Å². The third-order valence-electron chi connectivity index (χ3n) is 4.61. The molecule has 1 aromatic carbocycles. The fourth-order valence-electron chi connectivity index (χ4n) is 2.72. The van der Waals surface area contributed by atoms with Gasteiger partial charge in [0.2, 0.25) is 15.9 Å². The minimum Gasteiger partial charge on any atom is -0.353 e. The number of hydrogen-bond donors (Lipinski definition) is 3. The summed E-state index contributed by atoms with van der Waals surface area (Å²) in [5, 5.41) is 5.62. The van der Waals surface area contributed by atoms with Gasteiger partial charge < -0.3 is 10.6 Å². The molecule has 1 aromatic heterocycles. The van der Waals surface area contributed by atoms with E-state index in [4.69, 9.17) is 0 Å². The van der Waals surface area contributed by atoms with Crippen LogP contribution in [0.4, 0.5) is 27.3 Å². The van der Waals surface area contributed by atoms with Gasteiger partial charge in [0.05, 0.1) is 36.0 Å². The number of nitrogens with one attached hydrogen (secondary N) is 3. The van der Waals surface area contributed by atoms with Crippen molar-refractivity contribution >= 4 is 44.7 Å². The molecule has 1 aliphatic carbocycles. The van der Waals surface area contributed by atoms with E-state index in [-0.39, 0.29) is 40.3 Å². The molecule has 0 saturated heterocycles. The second-order valence-corrected chi connectivity index (χ2v) is 9.04. The second-order valence-electron chi connectivity index (χ2n) is 7.03. The lowest BCUT2D eigenvalue weighted by atomic mass is 10.2. The van der Waals surface area contributed by atoms with Gasteiger partial charge >= 0.3 is 0 Å². The minimum atomic E-state index is -3.69. The van der Waals surface area contributed by atoms with E-state index in [1.54, 1.807) is 0 Å². The first-order valence-electron chi connectivity index (χ1n) is 9.25. The van der Waals surface area contributed by atoms with E-state index in [9.17, 15) is 22.4 Å². The van der Waals surface area contributed by atoms with Crippen molar-refractivity contribution in [3.05, 3.63) is 41.8 Å². The minimum absolute atomic E-state index is 0.0287. The van der Waals surface area contributed by atoms with Crippen molar-refractivity contribution in [3.8, 4) is 0 Å². The lowest BCUT2D eigenvalue weighted by Crippen LogP contribution is -2.26. The number of carbonyl (C=O) groups is 2. The third kappa shape index (κ3) is 5.47. The first-order valence-corrected chi connectivity index (χ1v) is 11.1. The summed E-state index contributed by atoms with van der Waals surface area (Å²) in [5.41, 5.74) is 2.68. The first-order chi connectivity index (χ1) is 14.6. The van der Waals surface area contributed by atoms with Crippen molar-refractivity contribution in [2.24, 2.45) is 5.92 Å². The van der Waals surface area contributed by atoms with E-state index in [0.717, 1.165) is 35.5 Å². The maximum absolute atomic E-state index is 13.8. The predicted molar refractivity (Wildman–Crippen MR) is 113 cm³/mol. The Bertz CT molecular complexity index is 1120. The summed E-state index contributed by atoms with van der Waals surface area (Å²) in [6, 6.07) is 4.97. The van der Waals surface area contributed by atoms with Crippen LogP contribution in [-0.4, -0.2) is 45.6 Å². The van der Waals surface area contributed by atoms with Gasteiger partial charge in [-0.05, 0) is 25.0 Å². The van der Waals surface area contributed by atoms with E-state index in [2.05, 4.69) is 25.9 Å². The van der Waals surface area contributed by atoms with Crippen molar-refractivity contribution in [3.63, 3.8) is 0 Å². The molecule has 0 spiro atoms. The van der Waals surface area contributed by atoms with Gasteiger partial charge in [-0.25, -0.2) is 23.3 Å². The molecule has 10 nitrogen and oxygen atoms in total. The Balaban J connectivity index is 2.02. The van der Waals surface area contributed by atoms with Gasteiger partial charge in [0.1, 0.15) is 11.6 Å². The summed E-state index contributed by atoms with van der Waals surface area (Å²) in [5.74, 6) is -1.29. The molecule has 0 atom stereocenters. The van der Waals surface area contributed by atoms with Crippen molar-refractivity contribution in [2.45, 2.75) is 12.8 Å². The van der Waals surface area contributed by atoms with Crippen LogP contribution in [-0.2, 0) is 19.7 Å². The molecule has 3 rings (SSSR count). The Morgan fingerprint density at radius 2 is 1.94 bits per heavy atom. The predicted octanol–water partition coefficient (Wildman–Crippen LogP) is 2.00. The summed E-state index contributed by atoms with van der Waals surface area (Å²) in [6.45, 7) is 0. The molecule has 1 fully saturated rings. The summed E-state index contributed by atoms with van der Waals surface area (Å²) < 4.78 is 38.7. The number of carbonyl (C=O) groups excluding carboxylic acids is 2. The number of hydrogen-bond acceptors (Lipinski definition) is 7.